The van der Waals surface area contributed by atoms with E-state index in [1.54, 1.807) is 12.1 Å². The Labute approximate surface area is 158 Å². The molecular formula is C21H25FN2O3. The van der Waals surface area contributed by atoms with Crippen molar-refractivity contribution in [3.63, 3.8) is 0 Å². The topological polar surface area (TPSA) is 57.7 Å². The molecule has 0 saturated carbocycles. The van der Waals surface area contributed by atoms with Gasteiger partial charge in [0.25, 0.3) is 0 Å². The highest BCUT2D eigenvalue weighted by Crippen LogP contribution is 2.52. The van der Waals surface area contributed by atoms with E-state index < -0.39 is 11.0 Å². The van der Waals surface area contributed by atoms with Crippen LogP contribution in [-0.4, -0.2) is 45.0 Å². The van der Waals surface area contributed by atoms with Gasteiger partial charge in [-0.2, -0.15) is 0 Å². The Kier molecular flexibility index (Phi) is 4.04. The van der Waals surface area contributed by atoms with E-state index in [1.165, 1.54) is 17.0 Å². The molecule has 0 aliphatic carbocycles. The molecule has 0 N–H and O–H groups in total. The lowest BCUT2D eigenvalue weighted by atomic mass is 9.71. The van der Waals surface area contributed by atoms with Crippen LogP contribution in [0.5, 0.6) is 0 Å². The maximum absolute atomic E-state index is 13.4. The summed E-state index contributed by atoms with van der Waals surface area (Å²) in [6.07, 6.45) is 1.85. The SMILES string of the molecule is CC(C)(C)N1C(=O)CC2(C(=O)CC3CCC2N3Cc2ccc(F)cc2)C1=O. The smallest absolute Gasteiger partial charge is 0.245 e. The number of piperidine rings is 1. The fourth-order valence-corrected chi connectivity index (χ4v) is 5.17. The summed E-state index contributed by atoms with van der Waals surface area (Å²) in [4.78, 5) is 42.7. The van der Waals surface area contributed by atoms with Gasteiger partial charge >= 0.3 is 0 Å². The molecule has 3 saturated heterocycles. The van der Waals surface area contributed by atoms with E-state index >= 15 is 0 Å². The van der Waals surface area contributed by atoms with E-state index in [0.717, 1.165) is 18.4 Å². The molecule has 5 nitrogen and oxygen atoms in total. The molecule has 2 amide bonds. The fraction of sp³-hybridized carbons (Fsp3) is 0.571. The number of rotatable bonds is 2. The minimum atomic E-state index is -1.25. The summed E-state index contributed by atoms with van der Waals surface area (Å²) in [6, 6.07) is 6.14. The van der Waals surface area contributed by atoms with E-state index in [2.05, 4.69) is 4.90 Å². The molecule has 0 aromatic heterocycles. The highest BCUT2D eigenvalue weighted by molar-refractivity contribution is 6.19. The molecule has 3 unspecified atom stereocenters. The second-order valence-corrected chi connectivity index (χ2v) is 9.03. The number of hydrogen-bond acceptors (Lipinski definition) is 4. The van der Waals surface area contributed by atoms with Crippen LogP contribution in [0.3, 0.4) is 0 Å². The van der Waals surface area contributed by atoms with Crippen LogP contribution in [0.25, 0.3) is 0 Å². The Hall–Kier alpha value is -2.08. The number of imide groups is 1. The first-order valence-electron chi connectivity index (χ1n) is 9.55. The van der Waals surface area contributed by atoms with Crippen LogP contribution in [0.2, 0.25) is 0 Å². The average molecular weight is 372 g/mol. The molecule has 3 atom stereocenters. The number of Topliss-reactive ketones (excluding diaryl/α,β-unsaturated/α-hetero) is 1. The van der Waals surface area contributed by atoms with E-state index in [9.17, 15) is 18.8 Å². The van der Waals surface area contributed by atoms with Crippen molar-refractivity contribution in [2.45, 2.75) is 70.6 Å². The van der Waals surface area contributed by atoms with Crippen molar-refractivity contribution >= 4 is 17.6 Å². The number of hydrogen-bond donors (Lipinski definition) is 0. The predicted molar refractivity (Wildman–Crippen MR) is 97.0 cm³/mol. The third-order valence-corrected chi connectivity index (χ3v) is 6.34. The van der Waals surface area contributed by atoms with E-state index in [0.29, 0.717) is 13.0 Å². The molecular weight excluding hydrogens is 347 g/mol. The second-order valence-electron chi connectivity index (χ2n) is 9.03. The number of nitrogens with zero attached hydrogens (tertiary/aromatic N) is 2. The van der Waals surface area contributed by atoms with Gasteiger partial charge in [-0.05, 0) is 51.3 Å². The molecule has 0 radical (unpaired) electrons. The Morgan fingerprint density at radius 1 is 1.11 bits per heavy atom. The number of likely N-dealkylation sites (tertiary alicyclic amines) is 1. The number of halogens is 1. The van der Waals surface area contributed by atoms with Crippen LogP contribution in [0.15, 0.2) is 24.3 Å². The quantitative estimate of drug-likeness (QED) is 0.592. The average Bonchev–Trinajstić information content (AvgIpc) is 3.02. The highest BCUT2D eigenvalue weighted by Gasteiger charge is 2.67. The van der Waals surface area contributed by atoms with E-state index in [4.69, 9.17) is 0 Å². The van der Waals surface area contributed by atoms with Gasteiger partial charge in [-0.15, -0.1) is 0 Å². The van der Waals surface area contributed by atoms with Crippen LogP contribution >= 0.6 is 0 Å². The number of benzene rings is 1. The molecule has 1 aromatic carbocycles. The largest absolute Gasteiger partial charge is 0.298 e. The summed E-state index contributed by atoms with van der Waals surface area (Å²) >= 11 is 0. The summed E-state index contributed by atoms with van der Waals surface area (Å²) in [5.74, 6) is -0.966. The third-order valence-electron chi connectivity index (χ3n) is 6.34. The van der Waals surface area contributed by atoms with Crippen molar-refractivity contribution in [1.82, 2.24) is 9.80 Å². The number of carbonyl (C=O) groups is 3. The summed E-state index contributed by atoms with van der Waals surface area (Å²) in [5, 5.41) is 0. The zero-order valence-corrected chi connectivity index (χ0v) is 16.0. The summed E-state index contributed by atoms with van der Waals surface area (Å²) in [7, 11) is 0. The first-order chi connectivity index (χ1) is 12.6. The Balaban J connectivity index is 1.69. The van der Waals surface area contributed by atoms with Gasteiger partial charge in [-0.25, -0.2) is 4.39 Å². The molecule has 3 fully saturated rings. The van der Waals surface area contributed by atoms with Gasteiger partial charge in [0.2, 0.25) is 11.8 Å². The first kappa shape index (κ1) is 18.3. The number of amides is 2. The fourth-order valence-electron chi connectivity index (χ4n) is 5.17. The molecule has 144 valence electrons. The zero-order chi connectivity index (χ0) is 19.6. The van der Waals surface area contributed by atoms with E-state index in [1.807, 2.05) is 20.8 Å². The van der Waals surface area contributed by atoms with Crippen LogP contribution in [0.1, 0.15) is 52.0 Å². The maximum Gasteiger partial charge on any atom is 0.245 e. The van der Waals surface area contributed by atoms with Gasteiger partial charge < -0.3 is 0 Å². The van der Waals surface area contributed by atoms with Crippen molar-refractivity contribution in [2.24, 2.45) is 5.41 Å². The minimum absolute atomic E-state index is 0.0285. The lowest BCUT2D eigenvalue weighted by Crippen LogP contribution is -2.60. The molecule has 1 aromatic rings. The normalized spacial score (nSPS) is 31.4. The van der Waals surface area contributed by atoms with Crippen molar-refractivity contribution in [3.05, 3.63) is 35.6 Å². The number of fused-ring (bicyclic) bond motifs is 3. The second kappa shape index (κ2) is 5.96. The molecule has 6 heteroatoms. The lowest BCUT2D eigenvalue weighted by molar-refractivity contribution is -0.155. The summed E-state index contributed by atoms with van der Waals surface area (Å²) < 4.78 is 13.2. The molecule has 27 heavy (non-hydrogen) atoms. The molecule has 3 aliphatic rings. The molecule has 3 aliphatic heterocycles. The Morgan fingerprint density at radius 2 is 1.78 bits per heavy atom. The van der Waals surface area contributed by atoms with Crippen LogP contribution in [0, 0.1) is 11.2 Å². The van der Waals surface area contributed by atoms with Gasteiger partial charge in [0.1, 0.15) is 11.2 Å². The van der Waals surface area contributed by atoms with E-state index in [-0.39, 0.29) is 41.9 Å². The number of carbonyl (C=O) groups excluding carboxylic acids is 3. The van der Waals surface area contributed by atoms with Crippen molar-refractivity contribution in [3.8, 4) is 0 Å². The molecule has 2 bridgehead atoms. The van der Waals surface area contributed by atoms with Gasteiger partial charge in [0.15, 0.2) is 5.78 Å². The van der Waals surface area contributed by atoms with Crippen LogP contribution in [-0.2, 0) is 20.9 Å². The molecule has 3 heterocycles. The summed E-state index contributed by atoms with van der Waals surface area (Å²) in [6.45, 7) is 6.02. The van der Waals surface area contributed by atoms with Gasteiger partial charge in [0, 0.05) is 30.6 Å². The van der Waals surface area contributed by atoms with Crippen LogP contribution < -0.4 is 0 Å². The zero-order valence-electron chi connectivity index (χ0n) is 16.0. The lowest BCUT2D eigenvalue weighted by Gasteiger charge is -2.44. The number of ketones is 1. The van der Waals surface area contributed by atoms with Crippen molar-refractivity contribution in [2.75, 3.05) is 0 Å². The van der Waals surface area contributed by atoms with Crippen molar-refractivity contribution in [1.29, 1.82) is 0 Å². The third kappa shape index (κ3) is 2.64. The molecule has 1 spiro atoms. The summed E-state index contributed by atoms with van der Waals surface area (Å²) in [5.41, 5.74) is -0.950. The predicted octanol–water partition coefficient (Wildman–Crippen LogP) is 2.68. The van der Waals surface area contributed by atoms with Gasteiger partial charge in [0.05, 0.1) is 6.42 Å². The van der Waals surface area contributed by atoms with Gasteiger partial charge in [-0.3, -0.25) is 24.2 Å². The van der Waals surface area contributed by atoms with Crippen LogP contribution in [0.4, 0.5) is 4.39 Å². The Morgan fingerprint density at radius 3 is 2.37 bits per heavy atom. The maximum atomic E-state index is 13.4. The Bertz CT molecular complexity index is 814. The van der Waals surface area contributed by atoms with Crippen molar-refractivity contribution < 1.29 is 18.8 Å². The minimum Gasteiger partial charge on any atom is -0.298 e. The molecule has 4 rings (SSSR count). The highest BCUT2D eigenvalue weighted by atomic mass is 19.1. The first-order valence-corrected chi connectivity index (χ1v) is 9.55. The monoisotopic (exact) mass is 372 g/mol. The standard InChI is InChI=1S/C21H25FN2O3/c1-20(2,3)24-18(26)11-21(19(24)27)16-9-8-15(10-17(21)25)23(16)12-13-4-6-14(22)7-5-13/h4-7,15-16H,8-12H2,1-3H3. The van der Waals surface area contributed by atoms with Gasteiger partial charge in [-0.1, -0.05) is 12.1 Å².